The van der Waals surface area contributed by atoms with Crippen LogP contribution in [0.2, 0.25) is 0 Å². The molecule has 0 aromatic carbocycles. The van der Waals surface area contributed by atoms with Crippen LogP contribution in [0.4, 0.5) is 0 Å². The Hall–Kier alpha value is 0.270. The number of fused-ring (bicyclic) bond motifs is 10. The Morgan fingerprint density at radius 1 is 0.362 bits per heavy atom. The van der Waals surface area contributed by atoms with Crippen LogP contribution in [-0.2, 0) is 4.74 Å². The summed E-state index contributed by atoms with van der Waals surface area (Å²) in [5.41, 5.74) is 0.718. The van der Waals surface area contributed by atoms with Gasteiger partial charge in [0.05, 0.1) is 12.2 Å². The standard InChI is InChI=1S/C55H89NOS/c1-4-16-37(17-5-1)55(38-18-6-2-7-19-38)46-26-12-10-22-44(46)51-47(55)27-15-28-48(51)56(39-20-8-3-9-21-39)40-32-30-36(31-33-40)41-24-14-25-42-43-34-35-50-52(54(43)57-53(41)42)45-23-11-13-29-49(45)58-50/h36-54H,1-35H2. The molecule has 14 atom stereocenters. The maximum atomic E-state index is 7.66. The van der Waals surface area contributed by atoms with Crippen LogP contribution >= 0.6 is 11.8 Å². The lowest BCUT2D eigenvalue weighted by molar-refractivity contribution is -0.0919. The van der Waals surface area contributed by atoms with E-state index in [1.54, 1.807) is 96.3 Å². The van der Waals surface area contributed by atoms with Crippen molar-refractivity contribution in [1.29, 1.82) is 0 Å². The predicted octanol–water partition coefficient (Wildman–Crippen LogP) is 14.8. The number of hydrogen-bond acceptors (Lipinski definition) is 3. The number of rotatable bonds is 6. The Balaban J connectivity index is 0.806. The minimum Gasteiger partial charge on any atom is -0.374 e. The van der Waals surface area contributed by atoms with Crippen LogP contribution in [-0.4, -0.2) is 45.7 Å². The first-order valence-corrected chi connectivity index (χ1v) is 28.8. The van der Waals surface area contributed by atoms with Crippen LogP contribution in [0.1, 0.15) is 225 Å². The summed E-state index contributed by atoms with van der Waals surface area (Å²) in [6.45, 7) is 0. The second-order valence-corrected chi connectivity index (χ2v) is 26.0. The summed E-state index contributed by atoms with van der Waals surface area (Å²) in [5, 5.41) is 1.92. The maximum absolute atomic E-state index is 7.66. The van der Waals surface area contributed by atoms with Crippen molar-refractivity contribution < 1.29 is 4.74 Å². The Morgan fingerprint density at radius 2 is 0.931 bits per heavy atom. The third-order valence-electron chi connectivity index (χ3n) is 22.7. The molecule has 14 unspecified atom stereocenters. The third-order valence-corrected chi connectivity index (χ3v) is 24.5. The van der Waals surface area contributed by atoms with Gasteiger partial charge in [-0.25, -0.2) is 0 Å². The molecule has 12 fully saturated rings. The Bertz CT molecular complexity index is 1350. The zero-order chi connectivity index (χ0) is 38.2. The molecular weight excluding hydrogens is 723 g/mol. The van der Waals surface area contributed by atoms with Crippen LogP contribution in [0.25, 0.3) is 0 Å². The van der Waals surface area contributed by atoms with E-state index in [4.69, 9.17) is 4.74 Å². The Morgan fingerprint density at radius 3 is 1.69 bits per heavy atom. The second kappa shape index (κ2) is 17.0. The molecule has 0 bridgehead atoms. The molecule has 58 heavy (non-hydrogen) atoms. The van der Waals surface area contributed by atoms with Gasteiger partial charge in [0.1, 0.15) is 0 Å². The van der Waals surface area contributed by atoms with Crippen LogP contribution in [0, 0.1) is 76.4 Å². The molecule has 0 aromatic heterocycles. The van der Waals surface area contributed by atoms with E-state index in [0.29, 0.717) is 12.2 Å². The average molecular weight is 812 g/mol. The molecule has 0 spiro atoms. The van der Waals surface area contributed by atoms with E-state index in [1.165, 1.54) is 128 Å². The molecule has 2 heterocycles. The number of thioether (sulfide) groups is 1. The molecule has 0 aromatic rings. The highest BCUT2D eigenvalue weighted by molar-refractivity contribution is 8.00. The summed E-state index contributed by atoms with van der Waals surface area (Å²) < 4.78 is 7.66. The molecule has 326 valence electrons. The topological polar surface area (TPSA) is 12.5 Å². The fourth-order valence-electron chi connectivity index (χ4n) is 21.1. The van der Waals surface area contributed by atoms with Gasteiger partial charge in [0.15, 0.2) is 0 Å². The zero-order valence-corrected chi connectivity index (χ0v) is 38.3. The van der Waals surface area contributed by atoms with Crippen molar-refractivity contribution >= 4 is 11.8 Å². The minimum atomic E-state index is 0.625. The molecule has 0 N–H and O–H groups in total. The van der Waals surface area contributed by atoms with Crippen molar-refractivity contribution in [3.8, 4) is 0 Å². The van der Waals surface area contributed by atoms with E-state index in [2.05, 4.69) is 16.7 Å². The lowest BCUT2D eigenvalue weighted by Crippen LogP contribution is -2.58. The van der Waals surface area contributed by atoms with Crippen molar-refractivity contribution in [2.45, 2.75) is 266 Å². The largest absolute Gasteiger partial charge is 0.374 e. The van der Waals surface area contributed by atoms with Crippen LogP contribution in [0.5, 0.6) is 0 Å². The number of ether oxygens (including phenoxy) is 1. The highest BCUT2D eigenvalue weighted by Gasteiger charge is 2.67. The molecule has 10 saturated carbocycles. The van der Waals surface area contributed by atoms with E-state index in [-0.39, 0.29) is 0 Å². The quantitative estimate of drug-likeness (QED) is 0.265. The van der Waals surface area contributed by atoms with Crippen LogP contribution in [0.3, 0.4) is 0 Å². The molecule has 2 saturated heterocycles. The van der Waals surface area contributed by atoms with Gasteiger partial charge >= 0.3 is 0 Å². The monoisotopic (exact) mass is 812 g/mol. The Kier molecular flexibility index (Phi) is 11.7. The Labute approximate surface area is 361 Å². The molecule has 0 radical (unpaired) electrons. The second-order valence-electron chi connectivity index (χ2n) is 24.5. The summed E-state index contributed by atoms with van der Waals surface area (Å²) >= 11 is 2.46. The first-order chi connectivity index (χ1) is 28.8. The summed E-state index contributed by atoms with van der Waals surface area (Å²) in [7, 11) is 0. The van der Waals surface area contributed by atoms with E-state index < -0.39 is 0 Å². The van der Waals surface area contributed by atoms with Gasteiger partial charge in [0.2, 0.25) is 0 Å². The predicted molar refractivity (Wildman–Crippen MR) is 243 cm³/mol. The lowest BCUT2D eigenvalue weighted by Gasteiger charge is -2.57. The van der Waals surface area contributed by atoms with Crippen LogP contribution in [0.15, 0.2) is 0 Å². The van der Waals surface area contributed by atoms with E-state index in [9.17, 15) is 0 Å². The van der Waals surface area contributed by atoms with Crippen molar-refractivity contribution in [3.63, 3.8) is 0 Å². The zero-order valence-electron chi connectivity index (χ0n) is 37.5. The average Bonchev–Trinajstić information content (AvgIpc) is 3.96. The highest BCUT2D eigenvalue weighted by Crippen LogP contribution is 2.72. The van der Waals surface area contributed by atoms with Gasteiger partial charge in [-0.1, -0.05) is 96.3 Å². The first-order valence-electron chi connectivity index (χ1n) is 27.9. The molecule has 12 aliphatic rings. The summed E-state index contributed by atoms with van der Waals surface area (Å²) in [5.74, 6) is 12.0. The third kappa shape index (κ3) is 6.61. The van der Waals surface area contributed by atoms with Crippen molar-refractivity contribution in [1.82, 2.24) is 4.90 Å². The molecule has 2 aliphatic heterocycles. The molecular formula is C55H89NOS. The maximum Gasteiger partial charge on any atom is 0.0652 e. The SMILES string of the molecule is C1CCC(N(C2CCC(C3CCCC4C5CCC6SC7CCCCC7C6C5OC34)CC2)C2CCCC3C2C2CCCCC2C3(C2CCCCC2)C2CCCCC2)CC1. The van der Waals surface area contributed by atoms with Gasteiger partial charge < -0.3 is 4.74 Å². The van der Waals surface area contributed by atoms with E-state index in [1.807, 2.05) is 0 Å². The van der Waals surface area contributed by atoms with E-state index >= 15 is 0 Å². The van der Waals surface area contributed by atoms with Crippen molar-refractivity contribution in [2.24, 2.45) is 76.4 Å². The smallest absolute Gasteiger partial charge is 0.0652 e. The summed E-state index contributed by atoms with van der Waals surface area (Å²) in [4.78, 5) is 3.50. The van der Waals surface area contributed by atoms with Crippen molar-refractivity contribution in [3.05, 3.63) is 0 Å². The number of nitrogens with zero attached hydrogens (tertiary/aromatic N) is 1. The van der Waals surface area contributed by atoms with Crippen molar-refractivity contribution in [2.75, 3.05) is 0 Å². The van der Waals surface area contributed by atoms with Gasteiger partial charge in [0.25, 0.3) is 0 Å². The van der Waals surface area contributed by atoms with Gasteiger partial charge in [0, 0.05) is 34.5 Å². The lowest BCUT2D eigenvalue weighted by atomic mass is 9.48. The molecule has 0 amide bonds. The summed E-state index contributed by atoms with van der Waals surface area (Å²) in [6, 6.07) is 2.71. The normalized spacial score (nSPS) is 50.0. The van der Waals surface area contributed by atoms with Gasteiger partial charge in [-0.15, -0.1) is 0 Å². The molecule has 2 nitrogen and oxygen atoms in total. The van der Waals surface area contributed by atoms with Gasteiger partial charge in [-0.05, 0) is 199 Å². The van der Waals surface area contributed by atoms with Crippen LogP contribution < -0.4 is 0 Å². The molecule has 10 aliphatic carbocycles. The van der Waals surface area contributed by atoms with E-state index in [0.717, 1.165) is 105 Å². The number of hydrogen-bond donors (Lipinski definition) is 0. The molecule has 12 rings (SSSR count). The fraction of sp³-hybridized carbons (Fsp3) is 1.00. The highest BCUT2D eigenvalue weighted by atomic mass is 32.2. The first kappa shape index (κ1) is 39.8. The summed E-state index contributed by atoms with van der Waals surface area (Å²) in [6.07, 6.45) is 55.5. The van der Waals surface area contributed by atoms with Gasteiger partial charge in [-0.2, -0.15) is 11.8 Å². The molecule has 3 heteroatoms. The fourth-order valence-corrected chi connectivity index (χ4v) is 23.2. The van der Waals surface area contributed by atoms with Gasteiger partial charge in [-0.3, -0.25) is 4.90 Å². The minimum absolute atomic E-state index is 0.625.